The summed E-state index contributed by atoms with van der Waals surface area (Å²) in [5.41, 5.74) is 1.28. The van der Waals surface area contributed by atoms with E-state index in [0.29, 0.717) is 0 Å². The second kappa shape index (κ2) is 14.1. The Hall–Kier alpha value is -1.28. The van der Waals surface area contributed by atoms with Crippen molar-refractivity contribution in [1.82, 2.24) is 0 Å². The van der Waals surface area contributed by atoms with Crippen molar-refractivity contribution < 1.29 is 9.47 Å². The van der Waals surface area contributed by atoms with Gasteiger partial charge in [-0.2, -0.15) is 0 Å². The Kier molecular flexibility index (Phi) is 13.3. The van der Waals surface area contributed by atoms with Gasteiger partial charge in [0.15, 0.2) is 0 Å². The van der Waals surface area contributed by atoms with Gasteiger partial charge in [-0.05, 0) is 63.1 Å². The molecule has 1 aromatic carbocycles. The van der Waals surface area contributed by atoms with Crippen LogP contribution in [0.2, 0.25) is 0 Å². The predicted molar refractivity (Wildman–Crippen MR) is 106 cm³/mol. The molecule has 1 aliphatic rings. The largest absolute Gasteiger partial charge is 0.497 e. The van der Waals surface area contributed by atoms with Crippen LogP contribution in [0.25, 0.3) is 0 Å². The third-order valence-corrected chi connectivity index (χ3v) is 4.46. The third-order valence-electron chi connectivity index (χ3n) is 4.46. The normalized spacial score (nSPS) is 19.6. The number of methoxy groups -OCH3 is 1. The third kappa shape index (κ3) is 9.77. The molecule has 0 saturated heterocycles. The van der Waals surface area contributed by atoms with Gasteiger partial charge in [-0.3, -0.25) is 0 Å². The quantitative estimate of drug-likeness (QED) is 0.568. The fourth-order valence-corrected chi connectivity index (χ4v) is 2.78. The smallest absolute Gasteiger partial charge is 0.118 e. The minimum absolute atomic E-state index is 0.286. The van der Waals surface area contributed by atoms with E-state index in [4.69, 9.17) is 9.47 Å². The summed E-state index contributed by atoms with van der Waals surface area (Å²) in [4.78, 5) is 0. The summed E-state index contributed by atoms with van der Waals surface area (Å²) in [6.07, 6.45) is 7.38. The molecule has 0 spiro atoms. The van der Waals surface area contributed by atoms with E-state index in [1.807, 2.05) is 26.0 Å². The van der Waals surface area contributed by atoms with Crippen LogP contribution in [0, 0.1) is 11.8 Å². The molecular weight excluding hydrogens is 296 g/mol. The Balaban J connectivity index is 0.000000439. The molecule has 0 N–H and O–H groups in total. The van der Waals surface area contributed by atoms with Gasteiger partial charge in [0.25, 0.3) is 0 Å². The highest BCUT2D eigenvalue weighted by Gasteiger charge is 2.23. The molecule has 0 aliphatic heterocycles. The van der Waals surface area contributed by atoms with Crippen molar-refractivity contribution in [1.29, 1.82) is 0 Å². The highest BCUT2D eigenvalue weighted by atomic mass is 16.5. The van der Waals surface area contributed by atoms with Crippen LogP contribution in [-0.2, 0) is 11.2 Å². The van der Waals surface area contributed by atoms with E-state index >= 15 is 0 Å². The van der Waals surface area contributed by atoms with E-state index in [1.54, 1.807) is 13.2 Å². The molecule has 1 fully saturated rings. The first kappa shape index (κ1) is 22.7. The maximum absolute atomic E-state index is 5.47. The summed E-state index contributed by atoms with van der Waals surface area (Å²) in [5.74, 6) is 3.03. The summed E-state index contributed by atoms with van der Waals surface area (Å²) in [5, 5.41) is 0. The second-order valence-corrected chi connectivity index (χ2v) is 6.45. The topological polar surface area (TPSA) is 18.5 Å². The predicted octanol–water partition coefficient (Wildman–Crippen LogP) is 6.30. The lowest BCUT2D eigenvalue weighted by Gasteiger charge is -2.32. The zero-order valence-electron chi connectivity index (χ0n) is 16.7. The molecule has 24 heavy (non-hydrogen) atoms. The molecule has 2 rings (SSSR count). The average molecular weight is 335 g/mol. The van der Waals surface area contributed by atoms with E-state index in [2.05, 4.69) is 39.5 Å². The maximum Gasteiger partial charge on any atom is 0.118 e. The van der Waals surface area contributed by atoms with E-state index < -0.39 is 0 Å². The highest BCUT2D eigenvalue weighted by molar-refractivity contribution is 5.27. The number of allylic oxidation sites excluding steroid dienone is 1. The van der Waals surface area contributed by atoms with E-state index in [9.17, 15) is 0 Å². The standard InChI is InChI=1S/C12H18O2.C7H14.C3H6/c1-4-14-10(2)9-11-5-7-12(13-3)8-6-11;1-3-7-5-4-6(7)2;1-3-2/h5-8,10H,4,9H2,1-3H3;6-7H,3-5H2,1-2H3;3H,1H2,2H3/t10-;;/m0../s1. The van der Waals surface area contributed by atoms with Crippen molar-refractivity contribution in [2.24, 2.45) is 11.8 Å². The monoisotopic (exact) mass is 334 g/mol. The van der Waals surface area contributed by atoms with Crippen LogP contribution in [0.3, 0.4) is 0 Å². The van der Waals surface area contributed by atoms with Gasteiger partial charge < -0.3 is 9.47 Å². The Labute approximate surface area is 150 Å². The average Bonchev–Trinajstić information content (AvgIpc) is 2.56. The van der Waals surface area contributed by atoms with Crippen LogP contribution in [-0.4, -0.2) is 19.8 Å². The Morgan fingerprint density at radius 2 is 1.79 bits per heavy atom. The summed E-state index contributed by atoms with van der Waals surface area (Å²) in [6, 6.07) is 8.12. The van der Waals surface area contributed by atoms with Crippen LogP contribution in [0.15, 0.2) is 36.9 Å². The zero-order chi connectivity index (χ0) is 18.4. The number of ether oxygens (including phenoxy) is 2. The molecular formula is C22H38O2. The molecule has 0 radical (unpaired) electrons. The van der Waals surface area contributed by atoms with Crippen molar-refractivity contribution in [3.8, 4) is 5.75 Å². The van der Waals surface area contributed by atoms with E-state index in [0.717, 1.165) is 30.6 Å². The van der Waals surface area contributed by atoms with Crippen LogP contribution in [0.1, 0.15) is 59.4 Å². The molecule has 0 aromatic heterocycles. The van der Waals surface area contributed by atoms with Crippen LogP contribution >= 0.6 is 0 Å². The lowest BCUT2D eigenvalue weighted by molar-refractivity contribution is 0.0768. The number of hydrogen-bond acceptors (Lipinski definition) is 2. The van der Waals surface area contributed by atoms with Crippen LogP contribution < -0.4 is 4.74 Å². The van der Waals surface area contributed by atoms with Gasteiger partial charge in [-0.1, -0.05) is 44.9 Å². The lowest BCUT2D eigenvalue weighted by Crippen LogP contribution is -2.21. The van der Waals surface area contributed by atoms with E-state index in [1.165, 1.54) is 24.8 Å². The Bertz CT molecular complexity index is 408. The minimum atomic E-state index is 0.286. The van der Waals surface area contributed by atoms with Gasteiger partial charge in [0.1, 0.15) is 5.75 Å². The molecule has 2 unspecified atom stereocenters. The van der Waals surface area contributed by atoms with Crippen molar-refractivity contribution in [2.75, 3.05) is 13.7 Å². The number of benzene rings is 1. The van der Waals surface area contributed by atoms with Crippen LogP contribution in [0.4, 0.5) is 0 Å². The van der Waals surface area contributed by atoms with Gasteiger partial charge in [-0.25, -0.2) is 0 Å². The zero-order valence-corrected chi connectivity index (χ0v) is 16.7. The SMILES string of the molecule is C=CC.CCC1CCC1C.CCO[C@@H](C)Cc1ccc(OC)cc1. The van der Waals surface area contributed by atoms with Crippen molar-refractivity contribution in [2.45, 2.75) is 66.4 Å². The Morgan fingerprint density at radius 3 is 2.08 bits per heavy atom. The first-order valence-corrected chi connectivity index (χ1v) is 9.33. The Morgan fingerprint density at radius 1 is 1.21 bits per heavy atom. The molecule has 138 valence electrons. The van der Waals surface area contributed by atoms with Crippen molar-refractivity contribution >= 4 is 0 Å². The molecule has 2 heteroatoms. The summed E-state index contributed by atoms with van der Waals surface area (Å²) in [6.45, 7) is 14.8. The highest BCUT2D eigenvalue weighted by Crippen LogP contribution is 2.35. The summed E-state index contributed by atoms with van der Waals surface area (Å²) >= 11 is 0. The number of rotatable bonds is 6. The molecule has 1 aliphatic carbocycles. The molecule has 2 nitrogen and oxygen atoms in total. The van der Waals surface area contributed by atoms with Gasteiger partial charge in [-0.15, -0.1) is 6.58 Å². The second-order valence-electron chi connectivity index (χ2n) is 6.45. The molecule has 0 bridgehead atoms. The van der Waals surface area contributed by atoms with Gasteiger partial charge in [0.2, 0.25) is 0 Å². The lowest BCUT2D eigenvalue weighted by atomic mass is 9.74. The summed E-state index contributed by atoms with van der Waals surface area (Å²) in [7, 11) is 1.68. The molecule has 0 amide bonds. The first-order chi connectivity index (χ1) is 11.5. The maximum atomic E-state index is 5.47. The van der Waals surface area contributed by atoms with E-state index in [-0.39, 0.29) is 6.10 Å². The van der Waals surface area contributed by atoms with Gasteiger partial charge >= 0.3 is 0 Å². The summed E-state index contributed by atoms with van der Waals surface area (Å²) < 4.78 is 10.6. The molecule has 0 heterocycles. The van der Waals surface area contributed by atoms with Gasteiger partial charge in [0.05, 0.1) is 13.2 Å². The molecule has 3 atom stereocenters. The fourth-order valence-electron chi connectivity index (χ4n) is 2.78. The van der Waals surface area contributed by atoms with Gasteiger partial charge in [0, 0.05) is 6.61 Å². The fraction of sp³-hybridized carbons (Fsp3) is 0.636. The minimum Gasteiger partial charge on any atom is -0.497 e. The van der Waals surface area contributed by atoms with Crippen LogP contribution in [0.5, 0.6) is 5.75 Å². The van der Waals surface area contributed by atoms with Crippen molar-refractivity contribution in [3.05, 3.63) is 42.5 Å². The molecule has 1 saturated carbocycles. The first-order valence-electron chi connectivity index (χ1n) is 9.33. The number of hydrogen-bond donors (Lipinski definition) is 0. The molecule has 1 aromatic rings. The van der Waals surface area contributed by atoms with Crippen molar-refractivity contribution in [3.63, 3.8) is 0 Å².